The van der Waals surface area contributed by atoms with Crippen LogP contribution in [-0.2, 0) is 14.3 Å². The SMILES string of the molecule is CC(C)NC(=O)COC(=O)/C(C#N)=C/c1ccc(C(C)C)cc1. The van der Waals surface area contributed by atoms with Crippen molar-refractivity contribution in [2.45, 2.75) is 39.7 Å². The fourth-order valence-corrected chi connectivity index (χ4v) is 1.85. The molecular weight excluding hydrogens is 292 g/mol. The molecule has 23 heavy (non-hydrogen) atoms. The second-order valence-electron chi connectivity index (χ2n) is 5.79. The number of hydrogen-bond donors (Lipinski definition) is 1. The van der Waals surface area contributed by atoms with Crippen LogP contribution in [0.5, 0.6) is 0 Å². The molecule has 0 atom stereocenters. The summed E-state index contributed by atoms with van der Waals surface area (Å²) in [5.74, 6) is -0.792. The van der Waals surface area contributed by atoms with E-state index in [0.717, 1.165) is 5.56 Å². The van der Waals surface area contributed by atoms with E-state index in [9.17, 15) is 9.59 Å². The fraction of sp³-hybridized carbons (Fsp3) is 0.389. The number of nitriles is 1. The molecule has 0 aromatic heterocycles. The molecule has 1 rings (SSSR count). The van der Waals surface area contributed by atoms with Crippen LogP contribution < -0.4 is 5.32 Å². The number of nitrogens with zero attached hydrogens (tertiary/aromatic N) is 1. The van der Waals surface area contributed by atoms with E-state index in [-0.39, 0.29) is 11.6 Å². The van der Waals surface area contributed by atoms with Crippen LogP contribution in [0.2, 0.25) is 0 Å². The highest BCUT2D eigenvalue weighted by molar-refractivity contribution is 5.98. The van der Waals surface area contributed by atoms with Crippen molar-refractivity contribution in [3.05, 3.63) is 41.0 Å². The summed E-state index contributed by atoms with van der Waals surface area (Å²) in [6, 6.07) is 9.35. The smallest absolute Gasteiger partial charge is 0.349 e. The summed E-state index contributed by atoms with van der Waals surface area (Å²) in [5, 5.41) is 11.7. The Morgan fingerprint density at radius 1 is 1.22 bits per heavy atom. The van der Waals surface area contributed by atoms with Crippen molar-refractivity contribution in [2.24, 2.45) is 0 Å². The Morgan fingerprint density at radius 3 is 2.30 bits per heavy atom. The molecule has 0 aliphatic rings. The predicted octanol–water partition coefficient (Wildman–Crippen LogP) is 2.78. The van der Waals surface area contributed by atoms with Gasteiger partial charge >= 0.3 is 5.97 Å². The molecule has 0 radical (unpaired) electrons. The standard InChI is InChI=1S/C18H22N2O3/c1-12(2)15-7-5-14(6-8-15)9-16(10-19)18(22)23-11-17(21)20-13(3)4/h5-9,12-13H,11H2,1-4H3,(H,20,21)/b16-9+. The molecule has 5 nitrogen and oxygen atoms in total. The zero-order valence-electron chi connectivity index (χ0n) is 13.9. The number of benzene rings is 1. The zero-order chi connectivity index (χ0) is 17.4. The van der Waals surface area contributed by atoms with Crippen LogP contribution in [-0.4, -0.2) is 24.5 Å². The van der Waals surface area contributed by atoms with Crippen LogP contribution in [0.1, 0.15) is 44.7 Å². The maximum absolute atomic E-state index is 11.9. The number of hydrogen-bond acceptors (Lipinski definition) is 4. The van der Waals surface area contributed by atoms with Crippen molar-refractivity contribution < 1.29 is 14.3 Å². The normalized spacial score (nSPS) is 11.3. The van der Waals surface area contributed by atoms with E-state index >= 15 is 0 Å². The molecule has 1 aromatic rings. The monoisotopic (exact) mass is 314 g/mol. The van der Waals surface area contributed by atoms with Crippen molar-refractivity contribution in [1.82, 2.24) is 5.32 Å². The summed E-state index contributed by atoms with van der Waals surface area (Å²) in [6.07, 6.45) is 1.45. The van der Waals surface area contributed by atoms with E-state index in [4.69, 9.17) is 10.00 Å². The van der Waals surface area contributed by atoms with Gasteiger partial charge < -0.3 is 10.1 Å². The van der Waals surface area contributed by atoms with Gasteiger partial charge in [-0.05, 0) is 37.0 Å². The molecule has 0 spiro atoms. The lowest BCUT2D eigenvalue weighted by molar-refractivity contribution is -0.144. The molecule has 1 aromatic carbocycles. The number of amides is 1. The van der Waals surface area contributed by atoms with Gasteiger partial charge in [0.15, 0.2) is 6.61 Å². The van der Waals surface area contributed by atoms with Gasteiger partial charge in [-0.2, -0.15) is 5.26 Å². The average molecular weight is 314 g/mol. The predicted molar refractivity (Wildman–Crippen MR) is 88.4 cm³/mol. The van der Waals surface area contributed by atoms with E-state index in [1.165, 1.54) is 11.6 Å². The van der Waals surface area contributed by atoms with Crippen LogP contribution in [0.15, 0.2) is 29.8 Å². The van der Waals surface area contributed by atoms with Gasteiger partial charge in [0.05, 0.1) is 0 Å². The minimum atomic E-state index is -0.806. The number of carbonyl (C=O) groups is 2. The second-order valence-corrected chi connectivity index (χ2v) is 5.79. The lowest BCUT2D eigenvalue weighted by Gasteiger charge is -2.08. The van der Waals surface area contributed by atoms with Crippen LogP contribution in [0.4, 0.5) is 0 Å². The third kappa shape index (κ3) is 6.35. The van der Waals surface area contributed by atoms with Gasteiger partial charge in [-0.1, -0.05) is 38.1 Å². The zero-order valence-corrected chi connectivity index (χ0v) is 13.9. The molecule has 0 heterocycles. The van der Waals surface area contributed by atoms with Crippen LogP contribution in [0, 0.1) is 11.3 Å². The Balaban J connectivity index is 2.73. The van der Waals surface area contributed by atoms with Crippen LogP contribution >= 0.6 is 0 Å². The summed E-state index contributed by atoms with van der Waals surface area (Å²) < 4.78 is 4.85. The Bertz CT molecular complexity index is 623. The number of carbonyl (C=O) groups excluding carboxylic acids is 2. The van der Waals surface area contributed by atoms with Crippen molar-refractivity contribution in [3.8, 4) is 6.07 Å². The Morgan fingerprint density at radius 2 is 1.83 bits per heavy atom. The Labute approximate surface area is 137 Å². The van der Waals surface area contributed by atoms with Gasteiger partial charge in [0, 0.05) is 6.04 Å². The van der Waals surface area contributed by atoms with Gasteiger partial charge in [-0.25, -0.2) is 4.79 Å². The molecule has 0 bridgehead atoms. The molecule has 5 heteroatoms. The quantitative estimate of drug-likeness (QED) is 0.497. The van der Waals surface area contributed by atoms with Crippen molar-refractivity contribution in [1.29, 1.82) is 5.26 Å². The minimum Gasteiger partial charge on any atom is -0.451 e. The van der Waals surface area contributed by atoms with Crippen LogP contribution in [0.3, 0.4) is 0 Å². The molecule has 122 valence electrons. The lowest BCUT2D eigenvalue weighted by Crippen LogP contribution is -2.34. The number of nitrogens with one attached hydrogen (secondary N) is 1. The topological polar surface area (TPSA) is 79.2 Å². The lowest BCUT2D eigenvalue weighted by atomic mass is 10.0. The van der Waals surface area contributed by atoms with Crippen molar-refractivity contribution in [2.75, 3.05) is 6.61 Å². The van der Waals surface area contributed by atoms with Gasteiger partial charge in [0.2, 0.25) is 0 Å². The van der Waals surface area contributed by atoms with E-state index in [1.54, 1.807) is 13.8 Å². The highest BCUT2D eigenvalue weighted by Crippen LogP contribution is 2.16. The summed E-state index contributed by atoms with van der Waals surface area (Å²) in [6.45, 7) is 7.39. The van der Waals surface area contributed by atoms with E-state index in [1.807, 2.05) is 30.3 Å². The van der Waals surface area contributed by atoms with Gasteiger partial charge in [-0.15, -0.1) is 0 Å². The molecule has 0 saturated carbocycles. The molecule has 0 fully saturated rings. The molecule has 0 aliphatic carbocycles. The van der Waals surface area contributed by atoms with Gasteiger partial charge in [0.25, 0.3) is 5.91 Å². The molecule has 1 amide bonds. The third-order valence-corrected chi connectivity index (χ3v) is 3.04. The fourth-order valence-electron chi connectivity index (χ4n) is 1.85. The molecule has 0 saturated heterocycles. The maximum atomic E-state index is 11.9. The van der Waals surface area contributed by atoms with Gasteiger partial charge in [-0.3, -0.25) is 4.79 Å². The van der Waals surface area contributed by atoms with E-state index in [0.29, 0.717) is 5.92 Å². The first-order valence-electron chi connectivity index (χ1n) is 7.51. The maximum Gasteiger partial charge on any atom is 0.349 e. The molecule has 0 unspecified atom stereocenters. The molecular formula is C18H22N2O3. The summed E-state index contributed by atoms with van der Waals surface area (Å²) >= 11 is 0. The molecule has 1 N–H and O–H groups in total. The van der Waals surface area contributed by atoms with Crippen molar-refractivity contribution >= 4 is 18.0 Å². The first-order chi connectivity index (χ1) is 10.8. The Kier molecular flexibility index (Phi) is 7.01. The summed E-state index contributed by atoms with van der Waals surface area (Å²) in [7, 11) is 0. The largest absolute Gasteiger partial charge is 0.451 e. The summed E-state index contributed by atoms with van der Waals surface area (Å²) in [5.41, 5.74) is 1.77. The van der Waals surface area contributed by atoms with Crippen molar-refractivity contribution in [3.63, 3.8) is 0 Å². The summed E-state index contributed by atoms with van der Waals surface area (Å²) in [4.78, 5) is 23.3. The third-order valence-electron chi connectivity index (χ3n) is 3.04. The molecule has 0 aliphatic heterocycles. The highest BCUT2D eigenvalue weighted by Gasteiger charge is 2.13. The highest BCUT2D eigenvalue weighted by atomic mass is 16.5. The van der Waals surface area contributed by atoms with Crippen LogP contribution in [0.25, 0.3) is 6.08 Å². The van der Waals surface area contributed by atoms with E-state index < -0.39 is 18.5 Å². The first kappa shape index (κ1) is 18.4. The van der Waals surface area contributed by atoms with E-state index in [2.05, 4.69) is 19.2 Å². The Hall–Kier alpha value is -2.61. The number of ether oxygens (including phenoxy) is 1. The second kappa shape index (κ2) is 8.74. The van der Waals surface area contributed by atoms with Gasteiger partial charge in [0.1, 0.15) is 11.6 Å². The first-order valence-corrected chi connectivity index (χ1v) is 7.51. The average Bonchev–Trinajstić information content (AvgIpc) is 2.50. The number of rotatable bonds is 6. The minimum absolute atomic E-state index is 0.0355. The number of esters is 1.